The second-order valence-electron chi connectivity index (χ2n) is 3.50. The van der Waals surface area contributed by atoms with Gasteiger partial charge in [0.1, 0.15) is 0 Å². The molecule has 0 saturated heterocycles. The molecule has 0 aromatic heterocycles. The minimum absolute atomic E-state index is 0.0164. The minimum Gasteiger partial charge on any atom is -0.319 e. The maximum absolute atomic E-state index is 11.7. The summed E-state index contributed by atoms with van der Waals surface area (Å²) in [6, 6.07) is 7.96. The normalized spacial score (nSPS) is 14.7. The number of carbonyl (C=O) groups excluding carboxylic acids is 1. The van der Waals surface area contributed by atoms with Gasteiger partial charge in [-0.1, -0.05) is 18.2 Å². The Morgan fingerprint density at radius 2 is 2.27 bits per heavy atom. The first-order valence-corrected chi connectivity index (χ1v) is 6.33. The standard InChI is InChI=1S/C11H14N2OS/c1-15-7-6-13-8-9-4-2-3-5-10(9)12-11(13)14/h2-5H,6-8H2,1H3,(H,12,14). The third-order valence-corrected chi connectivity index (χ3v) is 3.06. The molecule has 0 unspecified atom stereocenters. The van der Waals surface area contributed by atoms with Gasteiger partial charge < -0.3 is 10.2 Å². The van der Waals surface area contributed by atoms with Crippen LogP contribution in [0.2, 0.25) is 0 Å². The van der Waals surface area contributed by atoms with Crippen LogP contribution >= 0.6 is 11.8 Å². The zero-order valence-electron chi connectivity index (χ0n) is 8.69. The highest BCUT2D eigenvalue weighted by Gasteiger charge is 2.20. The maximum atomic E-state index is 11.7. The van der Waals surface area contributed by atoms with Gasteiger partial charge in [0, 0.05) is 24.5 Å². The molecule has 0 spiro atoms. The molecule has 1 aromatic carbocycles. The Kier molecular flexibility index (Phi) is 3.16. The van der Waals surface area contributed by atoms with Crippen LogP contribution in [0.25, 0.3) is 0 Å². The molecule has 0 bridgehead atoms. The second kappa shape index (κ2) is 4.57. The van der Waals surface area contributed by atoms with Crippen LogP contribution in [0, 0.1) is 0 Å². The Labute approximate surface area is 93.8 Å². The monoisotopic (exact) mass is 222 g/mol. The van der Waals surface area contributed by atoms with E-state index in [1.54, 1.807) is 11.8 Å². The third kappa shape index (κ3) is 2.26. The summed E-state index contributed by atoms with van der Waals surface area (Å²) in [5, 5.41) is 2.90. The van der Waals surface area contributed by atoms with Crippen LogP contribution in [-0.2, 0) is 6.54 Å². The van der Waals surface area contributed by atoms with Crippen molar-refractivity contribution >= 4 is 23.5 Å². The fourth-order valence-corrected chi connectivity index (χ4v) is 2.04. The van der Waals surface area contributed by atoms with Crippen molar-refractivity contribution < 1.29 is 4.79 Å². The number of para-hydroxylation sites is 1. The van der Waals surface area contributed by atoms with Crippen LogP contribution in [-0.4, -0.2) is 29.5 Å². The van der Waals surface area contributed by atoms with Crippen molar-refractivity contribution in [3.63, 3.8) is 0 Å². The first-order valence-electron chi connectivity index (χ1n) is 4.94. The van der Waals surface area contributed by atoms with Crippen LogP contribution in [0.5, 0.6) is 0 Å². The fraction of sp³-hybridized carbons (Fsp3) is 0.364. The Morgan fingerprint density at radius 3 is 3.07 bits per heavy atom. The van der Waals surface area contributed by atoms with E-state index in [0.29, 0.717) is 0 Å². The van der Waals surface area contributed by atoms with Gasteiger partial charge >= 0.3 is 6.03 Å². The van der Waals surface area contributed by atoms with Crippen molar-refractivity contribution in [3.8, 4) is 0 Å². The number of nitrogens with zero attached hydrogens (tertiary/aromatic N) is 1. The van der Waals surface area contributed by atoms with Gasteiger partial charge in [-0.15, -0.1) is 0 Å². The minimum atomic E-state index is 0.0164. The number of fused-ring (bicyclic) bond motifs is 1. The number of anilines is 1. The lowest BCUT2D eigenvalue weighted by Gasteiger charge is -2.29. The van der Waals surface area contributed by atoms with E-state index in [9.17, 15) is 4.79 Å². The number of rotatable bonds is 3. The lowest BCUT2D eigenvalue weighted by Crippen LogP contribution is -2.39. The number of benzene rings is 1. The largest absolute Gasteiger partial charge is 0.322 e. The Balaban J connectivity index is 2.11. The summed E-state index contributed by atoms with van der Waals surface area (Å²) in [5.74, 6) is 0.982. The van der Waals surface area contributed by atoms with Crippen molar-refractivity contribution in [2.24, 2.45) is 0 Å². The summed E-state index contributed by atoms with van der Waals surface area (Å²) < 4.78 is 0. The zero-order chi connectivity index (χ0) is 10.7. The van der Waals surface area contributed by atoms with Crippen LogP contribution in [0.4, 0.5) is 10.5 Å². The number of nitrogens with one attached hydrogen (secondary N) is 1. The summed E-state index contributed by atoms with van der Waals surface area (Å²) in [5.41, 5.74) is 2.14. The second-order valence-corrected chi connectivity index (χ2v) is 4.49. The number of carbonyl (C=O) groups is 1. The van der Waals surface area contributed by atoms with Crippen molar-refractivity contribution in [1.82, 2.24) is 4.90 Å². The van der Waals surface area contributed by atoms with Crippen LogP contribution in [0.3, 0.4) is 0 Å². The molecule has 80 valence electrons. The number of amides is 2. The van der Waals surface area contributed by atoms with Crippen molar-refractivity contribution in [2.45, 2.75) is 6.54 Å². The molecule has 1 N–H and O–H groups in total. The lowest BCUT2D eigenvalue weighted by atomic mass is 10.1. The summed E-state index contributed by atoms with van der Waals surface area (Å²) in [4.78, 5) is 13.5. The summed E-state index contributed by atoms with van der Waals surface area (Å²) in [6.45, 7) is 1.53. The first-order chi connectivity index (χ1) is 7.31. The summed E-state index contributed by atoms with van der Waals surface area (Å²) in [7, 11) is 0. The Morgan fingerprint density at radius 1 is 1.47 bits per heavy atom. The molecular formula is C11H14N2OS. The third-order valence-electron chi connectivity index (χ3n) is 2.47. The number of hydrogen-bond acceptors (Lipinski definition) is 2. The van der Waals surface area contributed by atoms with Gasteiger partial charge in [-0.2, -0.15) is 11.8 Å². The quantitative estimate of drug-likeness (QED) is 0.851. The smallest absolute Gasteiger partial charge is 0.319 e. The number of urea groups is 1. The molecule has 15 heavy (non-hydrogen) atoms. The van der Waals surface area contributed by atoms with Gasteiger partial charge in [-0.05, 0) is 17.9 Å². The van der Waals surface area contributed by atoms with E-state index in [0.717, 1.165) is 24.5 Å². The van der Waals surface area contributed by atoms with Crippen LogP contribution in [0.15, 0.2) is 24.3 Å². The average molecular weight is 222 g/mol. The Hall–Kier alpha value is -1.16. The summed E-state index contributed by atoms with van der Waals surface area (Å²) >= 11 is 1.76. The van der Waals surface area contributed by atoms with Gasteiger partial charge in [0.25, 0.3) is 0 Å². The van der Waals surface area contributed by atoms with E-state index in [-0.39, 0.29) is 6.03 Å². The molecule has 0 aliphatic carbocycles. The maximum Gasteiger partial charge on any atom is 0.322 e. The highest BCUT2D eigenvalue weighted by molar-refractivity contribution is 7.98. The molecule has 1 heterocycles. The molecule has 1 aromatic rings. The topological polar surface area (TPSA) is 32.3 Å². The van der Waals surface area contributed by atoms with Crippen LogP contribution < -0.4 is 5.32 Å². The molecule has 1 aliphatic rings. The molecular weight excluding hydrogens is 208 g/mol. The molecule has 4 heteroatoms. The fourth-order valence-electron chi connectivity index (χ4n) is 1.63. The highest BCUT2D eigenvalue weighted by Crippen LogP contribution is 2.22. The predicted octanol–water partition coefficient (Wildman–Crippen LogP) is 2.40. The SMILES string of the molecule is CSCCN1Cc2ccccc2NC1=O. The van der Waals surface area contributed by atoms with E-state index < -0.39 is 0 Å². The first kappa shape index (κ1) is 10.4. The molecule has 0 fully saturated rings. The molecule has 0 saturated carbocycles. The molecule has 2 rings (SSSR count). The molecule has 0 atom stereocenters. The number of hydrogen-bond donors (Lipinski definition) is 1. The van der Waals surface area contributed by atoms with Crippen molar-refractivity contribution in [3.05, 3.63) is 29.8 Å². The van der Waals surface area contributed by atoms with E-state index in [2.05, 4.69) is 17.6 Å². The average Bonchev–Trinajstić information content (AvgIpc) is 2.26. The van der Waals surface area contributed by atoms with Gasteiger partial charge in [0.05, 0.1) is 0 Å². The summed E-state index contributed by atoms with van der Waals surface area (Å²) in [6.07, 6.45) is 2.05. The lowest BCUT2D eigenvalue weighted by molar-refractivity contribution is 0.210. The van der Waals surface area contributed by atoms with E-state index >= 15 is 0 Å². The number of thioether (sulfide) groups is 1. The van der Waals surface area contributed by atoms with E-state index in [4.69, 9.17) is 0 Å². The highest BCUT2D eigenvalue weighted by atomic mass is 32.2. The molecule has 2 amide bonds. The van der Waals surface area contributed by atoms with Crippen molar-refractivity contribution in [2.75, 3.05) is 23.9 Å². The van der Waals surface area contributed by atoms with Crippen molar-refractivity contribution in [1.29, 1.82) is 0 Å². The Bertz CT molecular complexity index is 367. The van der Waals surface area contributed by atoms with Crippen LogP contribution in [0.1, 0.15) is 5.56 Å². The van der Waals surface area contributed by atoms with Gasteiger partial charge in [0.15, 0.2) is 0 Å². The van der Waals surface area contributed by atoms with Gasteiger partial charge in [0.2, 0.25) is 0 Å². The predicted molar refractivity (Wildman–Crippen MR) is 64.3 cm³/mol. The molecule has 3 nitrogen and oxygen atoms in total. The van der Waals surface area contributed by atoms with E-state index in [1.165, 1.54) is 5.56 Å². The molecule has 1 aliphatic heterocycles. The van der Waals surface area contributed by atoms with E-state index in [1.807, 2.05) is 23.1 Å². The van der Waals surface area contributed by atoms with Gasteiger partial charge in [-0.25, -0.2) is 4.79 Å². The van der Waals surface area contributed by atoms with Gasteiger partial charge in [-0.3, -0.25) is 0 Å². The zero-order valence-corrected chi connectivity index (χ0v) is 9.51. The molecule has 0 radical (unpaired) electrons.